The molecule has 0 aliphatic rings. The molecule has 0 aromatic heterocycles. The molecule has 0 radical (unpaired) electrons. The quantitative estimate of drug-likeness (QED) is 0.615. The van der Waals surface area contributed by atoms with E-state index in [4.69, 9.17) is 9.47 Å². The van der Waals surface area contributed by atoms with Crippen LogP contribution in [0.4, 0.5) is 23.7 Å². The maximum absolute atomic E-state index is 13.1. The lowest BCUT2D eigenvalue weighted by molar-refractivity contribution is -0.137. The zero-order valence-corrected chi connectivity index (χ0v) is 13.8. The number of anilines is 1. The number of nitrogens with one attached hydrogen (secondary N) is 3. The van der Waals surface area contributed by atoms with Crippen LogP contribution >= 0.6 is 0 Å². The van der Waals surface area contributed by atoms with Crippen LogP contribution in [-0.2, 0) is 15.7 Å². The van der Waals surface area contributed by atoms with Crippen LogP contribution in [0.25, 0.3) is 0 Å². The number of alkyl halides is 3. The van der Waals surface area contributed by atoms with Crippen molar-refractivity contribution in [2.24, 2.45) is 0 Å². The van der Waals surface area contributed by atoms with Crippen molar-refractivity contribution in [2.75, 3.05) is 38.7 Å². The third-order valence-electron chi connectivity index (χ3n) is 2.89. The van der Waals surface area contributed by atoms with Crippen LogP contribution in [0.2, 0.25) is 0 Å². The summed E-state index contributed by atoms with van der Waals surface area (Å²) in [5.74, 6) is -0.709. The first-order valence-electron chi connectivity index (χ1n) is 7.42. The molecule has 0 aliphatic carbocycles. The van der Waals surface area contributed by atoms with E-state index in [1.807, 2.05) is 5.32 Å². The van der Waals surface area contributed by atoms with E-state index in [0.29, 0.717) is 0 Å². The van der Waals surface area contributed by atoms with Gasteiger partial charge < -0.3 is 20.1 Å². The predicted octanol–water partition coefficient (Wildman–Crippen LogP) is 1.99. The second-order valence-corrected chi connectivity index (χ2v) is 4.79. The van der Waals surface area contributed by atoms with Crippen LogP contribution < -0.4 is 20.7 Å². The van der Waals surface area contributed by atoms with E-state index in [0.717, 1.165) is 6.07 Å². The number of carbonyl (C=O) groups is 2. The number of hydrogen-bond donors (Lipinski definition) is 3. The second-order valence-electron chi connectivity index (χ2n) is 4.79. The summed E-state index contributed by atoms with van der Waals surface area (Å²) in [6.07, 6.45) is -4.62. The van der Waals surface area contributed by atoms with E-state index >= 15 is 0 Å². The molecule has 0 fully saturated rings. The molecule has 140 valence electrons. The number of methoxy groups -OCH3 is 1. The molecule has 3 amide bonds. The van der Waals surface area contributed by atoms with E-state index in [-0.39, 0.29) is 31.2 Å². The summed E-state index contributed by atoms with van der Waals surface area (Å²) < 4.78 is 49.1. The fourth-order valence-electron chi connectivity index (χ4n) is 1.83. The molecule has 0 heterocycles. The van der Waals surface area contributed by atoms with Gasteiger partial charge in [-0.15, -0.1) is 0 Å². The van der Waals surface area contributed by atoms with Crippen molar-refractivity contribution < 1.29 is 32.2 Å². The summed E-state index contributed by atoms with van der Waals surface area (Å²) in [5, 5.41) is 6.70. The lowest BCUT2D eigenvalue weighted by atomic mass is 10.1. The highest BCUT2D eigenvalue weighted by atomic mass is 19.4. The van der Waals surface area contributed by atoms with Gasteiger partial charge in [0.15, 0.2) is 0 Å². The Balaban J connectivity index is 2.66. The van der Waals surface area contributed by atoms with Crippen LogP contribution in [0.15, 0.2) is 18.2 Å². The Morgan fingerprint density at radius 1 is 1.24 bits per heavy atom. The minimum atomic E-state index is -4.62. The van der Waals surface area contributed by atoms with Crippen LogP contribution in [0.3, 0.4) is 0 Å². The van der Waals surface area contributed by atoms with Crippen molar-refractivity contribution in [1.29, 1.82) is 0 Å². The minimum Gasteiger partial charge on any atom is -0.494 e. The first kappa shape index (κ1) is 20.6. The van der Waals surface area contributed by atoms with E-state index < -0.39 is 30.2 Å². The van der Waals surface area contributed by atoms with Gasteiger partial charge in [0.2, 0.25) is 5.91 Å². The molecule has 0 bridgehead atoms. The Bertz CT molecular complexity index is 594. The lowest BCUT2D eigenvalue weighted by Gasteiger charge is -2.16. The average Bonchev–Trinajstić information content (AvgIpc) is 2.53. The topological polar surface area (TPSA) is 88.7 Å². The van der Waals surface area contributed by atoms with Gasteiger partial charge in [-0.05, 0) is 25.1 Å². The maximum atomic E-state index is 13.1. The number of urea groups is 1. The van der Waals surface area contributed by atoms with Crippen LogP contribution in [0.5, 0.6) is 5.75 Å². The molecule has 0 saturated carbocycles. The van der Waals surface area contributed by atoms with Crippen LogP contribution in [0.1, 0.15) is 12.5 Å². The van der Waals surface area contributed by atoms with Gasteiger partial charge in [-0.3, -0.25) is 10.1 Å². The van der Waals surface area contributed by atoms with E-state index in [9.17, 15) is 22.8 Å². The standard InChI is InChI=1S/C15H20F3N3O4/c1-3-25-10-4-5-12(11(8-10)15(16,17)18)20-9-13(22)21-14(23)19-6-7-24-2/h4-5,8,20H,3,6-7,9H2,1-2H3,(H2,19,21,22,23). The van der Waals surface area contributed by atoms with Crippen molar-refractivity contribution >= 4 is 17.6 Å². The molecule has 1 aromatic rings. The van der Waals surface area contributed by atoms with Gasteiger partial charge in [0, 0.05) is 19.3 Å². The predicted molar refractivity (Wildman–Crippen MR) is 84.5 cm³/mol. The Labute approximate surface area is 142 Å². The zero-order chi connectivity index (χ0) is 18.9. The number of rotatable bonds is 8. The monoisotopic (exact) mass is 363 g/mol. The van der Waals surface area contributed by atoms with Crippen molar-refractivity contribution in [2.45, 2.75) is 13.1 Å². The van der Waals surface area contributed by atoms with Gasteiger partial charge in [0.25, 0.3) is 0 Å². The molecule has 10 heteroatoms. The Kier molecular flexibility index (Phi) is 7.99. The first-order chi connectivity index (χ1) is 11.8. The van der Waals surface area contributed by atoms with Gasteiger partial charge in [-0.2, -0.15) is 13.2 Å². The Morgan fingerprint density at radius 2 is 1.96 bits per heavy atom. The molecular formula is C15H20F3N3O4. The summed E-state index contributed by atoms with van der Waals surface area (Å²) in [4.78, 5) is 23.0. The molecule has 3 N–H and O–H groups in total. The molecule has 0 atom stereocenters. The summed E-state index contributed by atoms with van der Waals surface area (Å²) in [5.41, 5.74) is -1.25. The van der Waals surface area contributed by atoms with Crippen molar-refractivity contribution in [3.05, 3.63) is 23.8 Å². The van der Waals surface area contributed by atoms with Crippen molar-refractivity contribution in [3.8, 4) is 5.75 Å². The Hall–Kier alpha value is -2.49. The van der Waals surface area contributed by atoms with Gasteiger partial charge in [-0.1, -0.05) is 0 Å². The summed E-state index contributed by atoms with van der Waals surface area (Å²) in [6.45, 7) is 1.84. The fourth-order valence-corrected chi connectivity index (χ4v) is 1.83. The zero-order valence-electron chi connectivity index (χ0n) is 13.8. The molecule has 7 nitrogen and oxygen atoms in total. The number of carbonyl (C=O) groups excluding carboxylic acids is 2. The molecule has 1 aromatic carbocycles. The van der Waals surface area contributed by atoms with E-state index in [2.05, 4.69) is 10.6 Å². The normalized spacial score (nSPS) is 10.9. The summed E-state index contributed by atoms with van der Waals surface area (Å²) in [6, 6.07) is 2.61. The van der Waals surface area contributed by atoms with Crippen LogP contribution in [-0.4, -0.2) is 45.4 Å². The molecule has 0 saturated heterocycles. The average molecular weight is 363 g/mol. The molecule has 0 aliphatic heterocycles. The molecule has 0 unspecified atom stereocenters. The van der Waals surface area contributed by atoms with E-state index in [1.54, 1.807) is 6.92 Å². The molecule has 25 heavy (non-hydrogen) atoms. The largest absolute Gasteiger partial charge is 0.494 e. The summed E-state index contributed by atoms with van der Waals surface area (Å²) in [7, 11) is 1.45. The number of imide groups is 1. The number of halogens is 3. The smallest absolute Gasteiger partial charge is 0.418 e. The van der Waals surface area contributed by atoms with Crippen LogP contribution in [0, 0.1) is 0 Å². The number of amides is 3. The minimum absolute atomic E-state index is 0.0716. The SMILES string of the molecule is CCOc1ccc(NCC(=O)NC(=O)NCCOC)c(C(F)(F)F)c1. The van der Waals surface area contributed by atoms with Gasteiger partial charge >= 0.3 is 12.2 Å². The van der Waals surface area contributed by atoms with Gasteiger partial charge in [-0.25, -0.2) is 4.79 Å². The lowest BCUT2D eigenvalue weighted by Crippen LogP contribution is -2.43. The highest BCUT2D eigenvalue weighted by molar-refractivity contribution is 5.96. The second kappa shape index (κ2) is 9.72. The first-order valence-corrected chi connectivity index (χ1v) is 7.42. The summed E-state index contributed by atoms with van der Waals surface area (Å²) >= 11 is 0. The van der Waals surface area contributed by atoms with Gasteiger partial charge in [0.05, 0.1) is 25.3 Å². The highest BCUT2D eigenvalue weighted by Crippen LogP contribution is 2.37. The molecule has 1 rings (SSSR count). The fraction of sp³-hybridized carbons (Fsp3) is 0.467. The Morgan fingerprint density at radius 3 is 2.56 bits per heavy atom. The third-order valence-corrected chi connectivity index (χ3v) is 2.89. The van der Waals surface area contributed by atoms with Crippen molar-refractivity contribution in [1.82, 2.24) is 10.6 Å². The van der Waals surface area contributed by atoms with E-state index in [1.165, 1.54) is 19.2 Å². The van der Waals surface area contributed by atoms with Crippen molar-refractivity contribution in [3.63, 3.8) is 0 Å². The number of ether oxygens (including phenoxy) is 2. The molecular weight excluding hydrogens is 343 g/mol. The third kappa shape index (κ3) is 7.29. The highest BCUT2D eigenvalue weighted by Gasteiger charge is 2.34. The number of benzene rings is 1. The molecule has 0 spiro atoms. The van der Waals surface area contributed by atoms with Gasteiger partial charge in [0.1, 0.15) is 5.75 Å². The maximum Gasteiger partial charge on any atom is 0.418 e. The number of hydrogen-bond acceptors (Lipinski definition) is 5.